The van der Waals surface area contributed by atoms with Crippen molar-refractivity contribution in [3.8, 4) is 11.1 Å². The molecule has 2 saturated carbocycles. The highest BCUT2D eigenvalue weighted by atomic mass is 16.5. The molecule has 0 unspecified atom stereocenters. The standard InChI is InChI=1S/C28H32N2O5/c31-26(29-15-17-9-11-18(12-10-17)27(32)33)19-13-20(14-19)30-28(34)35-16-25-23-7-3-1-5-21(23)22-6-2-4-8-24(22)25/h1-8,17-20,25H,9-16H2,(H,29,31)(H,30,34)(H,32,33). The Hall–Kier alpha value is -3.35. The number of carbonyl (C=O) groups excluding carboxylic acids is 2. The summed E-state index contributed by atoms with van der Waals surface area (Å²) >= 11 is 0. The molecule has 0 heterocycles. The third kappa shape index (κ3) is 5.04. The molecule has 3 aliphatic carbocycles. The van der Waals surface area contributed by atoms with Crippen molar-refractivity contribution in [1.82, 2.24) is 10.6 Å². The van der Waals surface area contributed by atoms with Crippen LogP contribution in [0.5, 0.6) is 0 Å². The van der Waals surface area contributed by atoms with E-state index in [4.69, 9.17) is 9.84 Å². The van der Waals surface area contributed by atoms with Crippen LogP contribution in [-0.4, -0.2) is 42.3 Å². The molecule has 7 heteroatoms. The fourth-order valence-electron chi connectivity index (χ4n) is 5.76. The van der Waals surface area contributed by atoms with Gasteiger partial charge < -0.3 is 20.5 Å². The lowest BCUT2D eigenvalue weighted by atomic mass is 9.79. The summed E-state index contributed by atoms with van der Waals surface area (Å²) in [5, 5.41) is 15.0. The molecule has 0 aliphatic heterocycles. The van der Waals surface area contributed by atoms with Gasteiger partial charge in [-0.1, -0.05) is 48.5 Å². The first-order chi connectivity index (χ1) is 17.0. The summed E-state index contributed by atoms with van der Waals surface area (Å²) in [5.41, 5.74) is 4.75. The van der Waals surface area contributed by atoms with Gasteiger partial charge in [-0.05, 0) is 66.7 Å². The first-order valence-corrected chi connectivity index (χ1v) is 12.6. The van der Waals surface area contributed by atoms with Crippen molar-refractivity contribution in [2.45, 2.75) is 50.5 Å². The number of alkyl carbamates (subject to hydrolysis) is 1. The smallest absolute Gasteiger partial charge is 0.407 e. The quantitative estimate of drug-likeness (QED) is 0.552. The maximum absolute atomic E-state index is 12.5. The van der Waals surface area contributed by atoms with Crippen molar-refractivity contribution in [3.05, 3.63) is 59.7 Å². The molecule has 2 aromatic rings. The summed E-state index contributed by atoms with van der Waals surface area (Å²) in [4.78, 5) is 36.0. The van der Waals surface area contributed by atoms with Gasteiger partial charge in [0.05, 0.1) is 5.92 Å². The van der Waals surface area contributed by atoms with Crippen LogP contribution in [0.1, 0.15) is 55.6 Å². The van der Waals surface area contributed by atoms with Crippen molar-refractivity contribution in [3.63, 3.8) is 0 Å². The van der Waals surface area contributed by atoms with Crippen LogP contribution in [-0.2, 0) is 14.3 Å². The van der Waals surface area contributed by atoms with E-state index in [9.17, 15) is 14.4 Å². The lowest BCUT2D eigenvalue weighted by Crippen LogP contribution is -2.50. The molecule has 3 N–H and O–H groups in total. The number of hydrogen-bond acceptors (Lipinski definition) is 4. The van der Waals surface area contributed by atoms with Crippen molar-refractivity contribution in [2.75, 3.05) is 13.2 Å². The Bertz CT molecular complexity index is 1060. The number of carboxylic acid groups (broad SMARTS) is 1. The molecule has 2 fully saturated rings. The zero-order valence-corrected chi connectivity index (χ0v) is 19.7. The zero-order chi connectivity index (χ0) is 24.4. The van der Waals surface area contributed by atoms with Gasteiger partial charge in [-0.25, -0.2) is 4.79 Å². The van der Waals surface area contributed by atoms with Crippen LogP contribution in [0.15, 0.2) is 48.5 Å². The normalized spacial score (nSPS) is 25.0. The Morgan fingerprint density at radius 1 is 0.857 bits per heavy atom. The average Bonchev–Trinajstić information content (AvgIpc) is 3.17. The number of carboxylic acids is 1. The predicted octanol–water partition coefficient (Wildman–Crippen LogP) is 4.31. The summed E-state index contributed by atoms with van der Waals surface area (Å²) in [6, 6.07) is 16.4. The van der Waals surface area contributed by atoms with Gasteiger partial charge in [0.2, 0.25) is 5.91 Å². The number of aliphatic carboxylic acids is 1. The Labute approximate surface area is 205 Å². The van der Waals surface area contributed by atoms with Gasteiger partial charge in [0.15, 0.2) is 0 Å². The first-order valence-electron chi connectivity index (χ1n) is 12.6. The van der Waals surface area contributed by atoms with Gasteiger partial charge in [0.25, 0.3) is 0 Å². The van der Waals surface area contributed by atoms with Gasteiger partial charge in [-0.2, -0.15) is 0 Å². The number of ether oxygens (including phenoxy) is 1. The maximum Gasteiger partial charge on any atom is 0.407 e. The van der Waals surface area contributed by atoms with Crippen molar-refractivity contribution in [2.24, 2.45) is 17.8 Å². The Kier molecular flexibility index (Phi) is 6.75. The van der Waals surface area contributed by atoms with E-state index in [0.29, 0.717) is 38.1 Å². The number of rotatable bonds is 7. The molecule has 2 amide bonds. The first kappa shape index (κ1) is 23.4. The predicted molar refractivity (Wildman–Crippen MR) is 131 cm³/mol. The number of nitrogens with one attached hydrogen (secondary N) is 2. The number of carbonyl (C=O) groups is 3. The minimum absolute atomic E-state index is 0.0240. The highest BCUT2D eigenvalue weighted by molar-refractivity contribution is 5.80. The maximum atomic E-state index is 12.5. The molecule has 0 saturated heterocycles. The third-order valence-electron chi connectivity index (χ3n) is 7.94. The SMILES string of the molecule is O=C(NC1CC(C(=O)NCC2CCC(C(=O)O)CC2)C1)OCC1c2ccccc2-c2ccccc21. The van der Waals surface area contributed by atoms with Crippen LogP contribution in [0.25, 0.3) is 11.1 Å². The molecule has 7 nitrogen and oxygen atoms in total. The molecule has 3 aliphatic rings. The summed E-state index contributed by atoms with van der Waals surface area (Å²) in [7, 11) is 0. The van der Waals surface area contributed by atoms with Gasteiger partial charge in [-0.3, -0.25) is 9.59 Å². The highest BCUT2D eigenvalue weighted by Crippen LogP contribution is 2.44. The molecule has 5 rings (SSSR count). The van der Waals surface area contributed by atoms with E-state index in [0.717, 1.165) is 12.8 Å². The molecular weight excluding hydrogens is 444 g/mol. The largest absolute Gasteiger partial charge is 0.481 e. The molecule has 35 heavy (non-hydrogen) atoms. The molecule has 0 aromatic heterocycles. The second kappa shape index (κ2) is 10.1. The zero-order valence-electron chi connectivity index (χ0n) is 19.7. The van der Waals surface area contributed by atoms with E-state index in [-0.39, 0.29) is 36.3 Å². The van der Waals surface area contributed by atoms with Crippen molar-refractivity contribution >= 4 is 18.0 Å². The summed E-state index contributed by atoms with van der Waals surface area (Å²) in [6.45, 7) is 0.882. The van der Waals surface area contributed by atoms with Gasteiger partial charge in [0, 0.05) is 24.4 Å². The number of amides is 2. The number of hydrogen-bond donors (Lipinski definition) is 3. The van der Waals surface area contributed by atoms with E-state index < -0.39 is 12.1 Å². The van der Waals surface area contributed by atoms with Crippen LogP contribution in [0.2, 0.25) is 0 Å². The summed E-state index contributed by atoms with van der Waals surface area (Å²) in [5.74, 6) is -0.640. The Morgan fingerprint density at radius 3 is 2.06 bits per heavy atom. The third-order valence-corrected chi connectivity index (χ3v) is 7.94. The van der Waals surface area contributed by atoms with Crippen molar-refractivity contribution < 1.29 is 24.2 Å². The molecule has 0 spiro atoms. The fraction of sp³-hybridized carbons (Fsp3) is 0.464. The second-order valence-electron chi connectivity index (χ2n) is 10.1. The van der Waals surface area contributed by atoms with E-state index >= 15 is 0 Å². The lowest BCUT2D eigenvalue weighted by Gasteiger charge is -2.35. The molecule has 2 aromatic carbocycles. The second-order valence-corrected chi connectivity index (χ2v) is 10.1. The lowest BCUT2D eigenvalue weighted by molar-refractivity contribution is -0.143. The monoisotopic (exact) mass is 476 g/mol. The Balaban J connectivity index is 1.03. The van der Waals surface area contributed by atoms with Crippen molar-refractivity contribution in [1.29, 1.82) is 0 Å². The Morgan fingerprint density at radius 2 is 1.46 bits per heavy atom. The number of benzene rings is 2. The van der Waals surface area contributed by atoms with Gasteiger partial charge >= 0.3 is 12.1 Å². The van der Waals surface area contributed by atoms with E-state index in [1.807, 2.05) is 24.3 Å². The molecule has 0 radical (unpaired) electrons. The summed E-state index contributed by atoms with van der Waals surface area (Å²) < 4.78 is 5.60. The molecule has 0 atom stereocenters. The fourth-order valence-corrected chi connectivity index (χ4v) is 5.76. The molecule has 184 valence electrons. The van der Waals surface area contributed by atoms with Crippen LogP contribution < -0.4 is 10.6 Å². The van der Waals surface area contributed by atoms with Crippen LogP contribution in [0.3, 0.4) is 0 Å². The topological polar surface area (TPSA) is 105 Å². The van der Waals surface area contributed by atoms with Gasteiger partial charge in [-0.15, -0.1) is 0 Å². The molecular formula is C28H32N2O5. The van der Waals surface area contributed by atoms with E-state index in [1.54, 1.807) is 0 Å². The average molecular weight is 477 g/mol. The van der Waals surface area contributed by atoms with Crippen LogP contribution in [0, 0.1) is 17.8 Å². The van der Waals surface area contributed by atoms with Crippen LogP contribution >= 0.6 is 0 Å². The van der Waals surface area contributed by atoms with Gasteiger partial charge in [0.1, 0.15) is 6.61 Å². The minimum atomic E-state index is -0.711. The minimum Gasteiger partial charge on any atom is -0.481 e. The summed E-state index contributed by atoms with van der Waals surface area (Å²) in [6.07, 6.45) is 3.84. The molecule has 0 bridgehead atoms. The van der Waals surface area contributed by atoms with E-state index in [2.05, 4.69) is 34.9 Å². The van der Waals surface area contributed by atoms with E-state index in [1.165, 1.54) is 22.3 Å². The highest BCUT2D eigenvalue weighted by Gasteiger charge is 2.36. The van der Waals surface area contributed by atoms with Crippen LogP contribution in [0.4, 0.5) is 4.79 Å². The number of fused-ring (bicyclic) bond motifs is 3.